The lowest BCUT2D eigenvalue weighted by molar-refractivity contribution is -0.141. The average molecular weight is 486 g/mol. The molecule has 0 radical (unpaired) electrons. The Kier molecular flexibility index (Phi) is 5.64. The number of morpholine rings is 1. The lowest BCUT2D eigenvalue weighted by atomic mass is 10.00. The van der Waals surface area contributed by atoms with Gasteiger partial charge >= 0.3 is 0 Å². The molecule has 2 aliphatic heterocycles. The van der Waals surface area contributed by atoms with Gasteiger partial charge in [0.2, 0.25) is 5.84 Å². The molecule has 0 spiro atoms. The average Bonchev–Trinajstić information content (AvgIpc) is 3.47. The first-order chi connectivity index (χ1) is 16.9. The number of methoxy groups -OCH3 is 1. The largest absolute Gasteiger partial charge is 0.495 e. The van der Waals surface area contributed by atoms with Crippen LogP contribution in [-0.2, 0) is 15.3 Å². The molecule has 2 aromatic carbocycles. The van der Waals surface area contributed by atoms with Crippen molar-refractivity contribution in [2.24, 2.45) is 5.16 Å². The first kappa shape index (κ1) is 22.8. The molecular weight excluding hydrogens is 465 g/mol. The molecule has 8 nitrogen and oxygen atoms in total. The van der Waals surface area contributed by atoms with Gasteiger partial charge in [-0.2, -0.15) is 0 Å². The number of oxime groups is 1. The second-order valence-electron chi connectivity index (χ2n) is 8.06. The molecule has 182 valence electrons. The molecule has 1 unspecified atom stereocenters. The van der Waals surface area contributed by atoms with Crippen molar-refractivity contribution in [2.45, 2.75) is 12.6 Å². The number of aryl methyl sites for hydroxylation is 1. The number of ether oxygens (including phenoxy) is 2. The number of halogens is 3. The van der Waals surface area contributed by atoms with Crippen molar-refractivity contribution in [1.29, 1.82) is 0 Å². The van der Waals surface area contributed by atoms with E-state index >= 15 is 0 Å². The fourth-order valence-electron chi connectivity index (χ4n) is 4.17. The van der Waals surface area contributed by atoms with E-state index in [1.807, 2.05) is 29.8 Å². The molecule has 3 heterocycles. The van der Waals surface area contributed by atoms with Gasteiger partial charge in [0.15, 0.2) is 23.2 Å². The van der Waals surface area contributed by atoms with E-state index in [1.54, 1.807) is 25.6 Å². The van der Waals surface area contributed by atoms with Crippen LogP contribution in [0.15, 0.2) is 53.8 Å². The van der Waals surface area contributed by atoms with Crippen LogP contribution in [0.3, 0.4) is 0 Å². The zero-order chi connectivity index (χ0) is 24.7. The zero-order valence-electron chi connectivity index (χ0n) is 18.8. The standard InChI is InChI=1S/C24H21F3N4O4/c1-14-11-30(13-28-14)19-4-3-15(7-20(19)33-2)8-21-23-29-35-24(12-32,31(23)5-6-34-21)16-9-17(25)22(27)18(26)10-16/h3-4,7-11,13,32H,5-6,12H2,1-2H3/b21-8+. The summed E-state index contributed by atoms with van der Waals surface area (Å²) in [6, 6.07) is 7.09. The summed E-state index contributed by atoms with van der Waals surface area (Å²) < 4.78 is 54.6. The Morgan fingerprint density at radius 1 is 1.20 bits per heavy atom. The highest BCUT2D eigenvalue weighted by molar-refractivity contribution is 6.01. The van der Waals surface area contributed by atoms with Crippen LogP contribution in [0.5, 0.6) is 5.75 Å². The molecule has 3 aromatic rings. The molecule has 2 aliphatic rings. The van der Waals surface area contributed by atoms with Crippen LogP contribution in [0, 0.1) is 24.4 Å². The Morgan fingerprint density at radius 3 is 2.63 bits per heavy atom. The number of hydrogen-bond donors (Lipinski definition) is 1. The molecule has 35 heavy (non-hydrogen) atoms. The normalized spacial score (nSPS) is 20.3. The summed E-state index contributed by atoms with van der Waals surface area (Å²) in [5.41, 5.74) is 0.540. The van der Waals surface area contributed by atoms with Crippen LogP contribution in [-0.4, -0.2) is 52.3 Å². The van der Waals surface area contributed by atoms with E-state index in [4.69, 9.17) is 14.3 Å². The van der Waals surface area contributed by atoms with Gasteiger partial charge in [-0.25, -0.2) is 18.2 Å². The number of hydrogen-bond acceptors (Lipinski definition) is 7. The minimum Gasteiger partial charge on any atom is -0.495 e. The Labute approximate surface area is 198 Å². The minimum atomic E-state index is -1.73. The van der Waals surface area contributed by atoms with Gasteiger partial charge in [-0.3, -0.25) is 0 Å². The number of aliphatic hydroxyl groups excluding tert-OH is 1. The van der Waals surface area contributed by atoms with Gasteiger partial charge in [-0.15, -0.1) is 0 Å². The van der Waals surface area contributed by atoms with Crippen LogP contribution >= 0.6 is 0 Å². The number of nitrogens with zero attached hydrogens (tertiary/aromatic N) is 4. The van der Waals surface area contributed by atoms with Crippen LogP contribution in [0.2, 0.25) is 0 Å². The second-order valence-corrected chi connectivity index (χ2v) is 8.06. The first-order valence-corrected chi connectivity index (χ1v) is 10.7. The predicted octanol–water partition coefficient (Wildman–Crippen LogP) is 3.47. The second kappa shape index (κ2) is 8.66. The lowest BCUT2D eigenvalue weighted by Crippen LogP contribution is -2.52. The Hall–Kier alpha value is -3.99. The van der Waals surface area contributed by atoms with Gasteiger partial charge in [0.05, 0.1) is 31.4 Å². The van der Waals surface area contributed by atoms with E-state index < -0.39 is 29.8 Å². The van der Waals surface area contributed by atoms with E-state index in [0.29, 0.717) is 11.5 Å². The van der Waals surface area contributed by atoms with Gasteiger partial charge in [0, 0.05) is 11.8 Å². The highest BCUT2D eigenvalue weighted by Gasteiger charge is 2.50. The van der Waals surface area contributed by atoms with E-state index in [0.717, 1.165) is 29.1 Å². The predicted molar refractivity (Wildman–Crippen MR) is 119 cm³/mol. The fraction of sp³-hybridized carbons (Fsp3) is 0.250. The third-order valence-electron chi connectivity index (χ3n) is 5.91. The summed E-state index contributed by atoms with van der Waals surface area (Å²) in [6.07, 6.45) is 5.27. The molecule has 1 saturated heterocycles. The van der Waals surface area contributed by atoms with E-state index in [1.165, 1.54) is 4.90 Å². The summed E-state index contributed by atoms with van der Waals surface area (Å²) in [5.74, 6) is -3.25. The monoisotopic (exact) mass is 486 g/mol. The van der Waals surface area contributed by atoms with Crippen LogP contribution < -0.4 is 4.74 Å². The molecule has 0 amide bonds. The van der Waals surface area contributed by atoms with Gasteiger partial charge in [0.25, 0.3) is 5.72 Å². The van der Waals surface area contributed by atoms with Crippen molar-refractivity contribution in [2.75, 3.05) is 26.9 Å². The maximum absolute atomic E-state index is 14.0. The van der Waals surface area contributed by atoms with E-state index in [2.05, 4.69) is 10.1 Å². The quantitative estimate of drug-likeness (QED) is 0.557. The molecule has 11 heteroatoms. The molecule has 1 N–H and O–H groups in total. The van der Waals surface area contributed by atoms with E-state index in [9.17, 15) is 18.3 Å². The maximum Gasteiger partial charge on any atom is 0.260 e. The minimum absolute atomic E-state index is 0.113. The highest BCUT2D eigenvalue weighted by atomic mass is 19.2. The summed E-state index contributed by atoms with van der Waals surface area (Å²) in [5, 5.41) is 14.2. The summed E-state index contributed by atoms with van der Waals surface area (Å²) >= 11 is 0. The topological polar surface area (TPSA) is 81.3 Å². The molecular formula is C24H21F3N4O4. The fourth-order valence-corrected chi connectivity index (χ4v) is 4.17. The number of amidine groups is 1. The third-order valence-corrected chi connectivity index (χ3v) is 5.91. The van der Waals surface area contributed by atoms with Gasteiger partial charge < -0.3 is 28.9 Å². The molecule has 5 rings (SSSR count). The number of benzene rings is 2. The first-order valence-electron chi connectivity index (χ1n) is 10.7. The van der Waals surface area contributed by atoms with Crippen molar-refractivity contribution in [3.05, 3.63) is 82.9 Å². The molecule has 0 saturated carbocycles. The van der Waals surface area contributed by atoms with Crippen molar-refractivity contribution < 1.29 is 32.6 Å². The number of fused-ring (bicyclic) bond motifs is 1. The van der Waals surface area contributed by atoms with Crippen molar-refractivity contribution in [3.63, 3.8) is 0 Å². The lowest BCUT2D eigenvalue weighted by Gasteiger charge is -2.38. The third kappa shape index (κ3) is 3.77. The van der Waals surface area contributed by atoms with Crippen molar-refractivity contribution >= 4 is 11.9 Å². The molecule has 1 fully saturated rings. The molecule has 0 bridgehead atoms. The highest BCUT2D eigenvalue weighted by Crippen LogP contribution is 2.39. The van der Waals surface area contributed by atoms with E-state index in [-0.39, 0.29) is 24.6 Å². The summed E-state index contributed by atoms with van der Waals surface area (Å²) in [6.45, 7) is 1.59. The SMILES string of the molecule is COc1cc(/C=C2/OCCN3C2=NOC3(CO)c2cc(F)c(F)c(F)c2)ccc1-n1cnc(C)c1. The molecule has 0 aliphatic carbocycles. The summed E-state index contributed by atoms with van der Waals surface area (Å²) in [7, 11) is 1.56. The Morgan fingerprint density at radius 2 is 1.97 bits per heavy atom. The van der Waals surface area contributed by atoms with Crippen LogP contribution in [0.4, 0.5) is 13.2 Å². The zero-order valence-corrected chi connectivity index (χ0v) is 18.8. The van der Waals surface area contributed by atoms with Gasteiger partial charge in [0.1, 0.15) is 19.0 Å². The number of rotatable bonds is 5. The van der Waals surface area contributed by atoms with Gasteiger partial charge in [-0.05, 0) is 42.8 Å². The number of aromatic nitrogens is 2. The maximum atomic E-state index is 14.0. The van der Waals surface area contributed by atoms with Crippen LogP contribution in [0.1, 0.15) is 16.8 Å². The number of aliphatic hydroxyl groups is 1. The molecule has 1 aromatic heterocycles. The van der Waals surface area contributed by atoms with Crippen molar-refractivity contribution in [3.8, 4) is 11.4 Å². The summed E-state index contributed by atoms with van der Waals surface area (Å²) in [4.78, 5) is 11.3. The van der Waals surface area contributed by atoms with Gasteiger partial charge in [-0.1, -0.05) is 11.2 Å². The molecule has 1 atom stereocenters. The smallest absolute Gasteiger partial charge is 0.260 e. The Balaban J connectivity index is 1.49. The number of imidazole rings is 1. The Bertz CT molecular complexity index is 1330. The van der Waals surface area contributed by atoms with Crippen LogP contribution in [0.25, 0.3) is 11.8 Å². The van der Waals surface area contributed by atoms with Crippen molar-refractivity contribution in [1.82, 2.24) is 14.5 Å².